The second-order valence-electron chi connectivity index (χ2n) is 8.15. The lowest BCUT2D eigenvalue weighted by molar-refractivity contribution is -0.0612. The van der Waals surface area contributed by atoms with Crippen molar-refractivity contribution in [2.45, 2.75) is 69.9 Å². The van der Waals surface area contributed by atoms with Gasteiger partial charge in [0.15, 0.2) is 0 Å². The van der Waals surface area contributed by atoms with Gasteiger partial charge in [0.2, 0.25) is 0 Å². The number of para-hydroxylation sites is 1. The molecule has 3 heteroatoms. The van der Waals surface area contributed by atoms with E-state index in [1.165, 1.54) is 18.4 Å². The van der Waals surface area contributed by atoms with E-state index in [1.807, 2.05) is 38.1 Å². The van der Waals surface area contributed by atoms with E-state index in [0.717, 1.165) is 30.7 Å². The minimum absolute atomic E-state index is 0.106. The summed E-state index contributed by atoms with van der Waals surface area (Å²) < 4.78 is 6.00. The molecule has 0 spiro atoms. The summed E-state index contributed by atoms with van der Waals surface area (Å²) in [7, 11) is 0. The van der Waals surface area contributed by atoms with Crippen molar-refractivity contribution < 1.29 is 9.84 Å². The van der Waals surface area contributed by atoms with Crippen LogP contribution in [-0.2, 0) is 12.1 Å². The molecule has 2 unspecified atom stereocenters. The highest BCUT2D eigenvalue weighted by molar-refractivity contribution is 5.39. The number of fused-ring (bicyclic) bond motifs is 2. The van der Waals surface area contributed by atoms with Gasteiger partial charge in [-0.05, 0) is 51.2 Å². The molecule has 4 rings (SSSR count). The first-order chi connectivity index (χ1) is 12.5. The van der Waals surface area contributed by atoms with Gasteiger partial charge in [0, 0.05) is 24.2 Å². The fourth-order valence-corrected chi connectivity index (χ4v) is 4.80. The molecule has 2 aliphatic rings. The van der Waals surface area contributed by atoms with Gasteiger partial charge in [-0.2, -0.15) is 0 Å². The van der Waals surface area contributed by atoms with Gasteiger partial charge in [-0.25, -0.2) is 0 Å². The van der Waals surface area contributed by atoms with E-state index in [4.69, 9.17) is 4.74 Å². The molecule has 3 nitrogen and oxygen atoms in total. The molecule has 138 valence electrons. The third kappa shape index (κ3) is 3.38. The van der Waals surface area contributed by atoms with Gasteiger partial charge in [0.25, 0.3) is 0 Å². The zero-order valence-electron chi connectivity index (χ0n) is 15.8. The minimum Gasteiger partial charge on any atom is -0.491 e. The fraction of sp³-hybridized carbons (Fsp3) is 0.478. The van der Waals surface area contributed by atoms with Crippen molar-refractivity contribution in [3.63, 3.8) is 0 Å². The van der Waals surface area contributed by atoms with Crippen LogP contribution in [0.2, 0.25) is 0 Å². The first kappa shape index (κ1) is 17.6. The van der Waals surface area contributed by atoms with E-state index < -0.39 is 5.60 Å². The second kappa shape index (κ2) is 7.05. The van der Waals surface area contributed by atoms with Crippen LogP contribution in [0.15, 0.2) is 54.6 Å². The van der Waals surface area contributed by atoms with E-state index in [0.29, 0.717) is 12.1 Å². The Hall–Kier alpha value is -1.84. The lowest BCUT2D eigenvalue weighted by Crippen LogP contribution is -2.49. The summed E-state index contributed by atoms with van der Waals surface area (Å²) in [5, 5.41) is 11.6. The molecule has 0 saturated carbocycles. The number of aliphatic hydroxyl groups is 1. The number of rotatable bonds is 5. The van der Waals surface area contributed by atoms with Crippen LogP contribution in [0.5, 0.6) is 5.75 Å². The fourth-order valence-electron chi connectivity index (χ4n) is 4.80. The van der Waals surface area contributed by atoms with Crippen LogP contribution in [0, 0.1) is 0 Å². The summed E-state index contributed by atoms with van der Waals surface area (Å²) in [6.45, 7) is 5.05. The summed E-state index contributed by atoms with van der Waals surface area (Å²) in [5.41, 5.74) is 1.54. The van der Waals surface area contributed by atoms with Gasteiger partial charge in [-0.1, -0.05) is 48.5 Å². The molecule has 2 bridgehead atoms. The van der Waals surface area contributed by atoms with E-state index in [2.05, 4.69) is 35.2 Å². The Bertz CT molecular complexity index is 729. The van der Waals surface area contributed by atoms with Crippen LogP contribution in [0.4, 0.5) is 0 Å². The van der Waals surface area contributed by atoms with Crippen molar-refractivity contribution in [1.29, 1.82) is 0 Å². The average molecular weight is 351 g/mol. The summed E-state index contributed by atoms with van der Waals surface area (Å²) in [4.78, 5) is 2.61. The number of hydrogen-bond acceptors (Lipinski definition) is 3. The molecule has 0 amide bonds. The zero-order valence-corrected chi connectivity index (χ0v) is 15.8. The van der Waals surface area contributed by atoms with Gasteiger partial charge < -0.3 is 9.84 Å². The largest absolute Gasteiger partial charge is 0.491 e. The predicted molar refractivity (Wildman–Crippen MR) is 104 cm³/mol. The Kier molecular flexibility index (Phi) is 4.76. The van der Waals surface area contributed by atoms with Crippen LogP contribution in [0.3, 0.4) is 0 Å². The molecule has 26 heavy (non-hydrogen) atoms. The highest BCUT2D eigenvalue weighted by Crippen LogP contribution is 2.48. The first-order valence-electron chi connectivity index (χ1n) is 9.83. The van der Waals surface area contributed by atoms with Crippen molar-refractivity contribution in [3.05, 3.63) is 65.7 Å². The van der Waals surface area contributed by atoms with Gasteiger partial charge in [-0.3, -0.25) is 4.90 Å². The van der Waals surface area contributed by atoms with E-state index >= 15 is 0 Å². The molecule has 2 fully saturated rings. The van der Waals surface area contributed by atoms with Crippen LogP contribution in [0.1, 0.15) is 50.7 Å². The predicted octanol–water partition coefficient (Wildman–Crippen LogP) is 4.49. The highest BCUT2D eigenvalue weighted by atomic mass is 16.5. The monoisotopic (exact) mass is 351 g/mol. The Morgan fingerprint density at radius 1 is 1.00 bits per heavy atom. The van der Waals surface area contributed by atoms with Crippen molar-refractivity contribution in [3.8, 4) is 5.75 Å². The van der Waals surface area contributed by atoms with Crippen molar-refractivity contribution in [2.75, 3.05) is 0 Å². The summed E-state index contributed by atoms with van der Waals surface area (Å²) in [5.74, 6) is 0.834. The number of nitrogens with zero attached hydrogens (tertiary/aromatic N) is 1. The molecular formula is C23H29NO2. The van der Waals surface area contributed by atoms with E-state index in [9.17, 15) is 5.11 Å². The Balaban J connectivity index is 1.56. The number of ether oxygens (including phenoxy) is 1. The topological polar surface area (TPSA) is 32.7 Å². The standard InChI is InChI=1S/C23H29NO2/c1-17(2)26-22-11-7-6-10-21(22)23(25)14-19-12-13-20(15-23)24(19)16-18-8-4-3-5-9-18/h3-11,17,19-20,25H,12-16H2,1-2H3. The van der Waals surface area contributed by atoms with Crippen LogP contribution in [-0.4, -0.2) is 28.2 Å². The van der Waals surface area contributed by atoms with Gasteiger partial charge in [-0.15, -0.1) is 0 Å². The van der Waals surface area contributed by atoms with E-state index in [1.54, 1.807) is 0 Å². The molecule has 0 radical (unpaired) electrons. The molecule has 0 aliphatic carbocycles. The maximum Gasteiger partial charge on any atom is 0.125 e. The summed E-state index contributed by atoms with van der Waals surface area (Å²) >= 11 is 0. The molecule has 2 aromatic carbocycles. The maximum atomic E-state index is 11.6. The average Bonchev–Trinajstić information content (AvgIpc) is 2.86. The lowest BCUT2D eigenvalue weighted by atomic mass is 9.80. The molecule has 1 N–H and O–H groups in total. The maximum absolute atomic E-state index is 11.6. The molecule has 2 aliphatic heterocycles. The Morgan fingerprint density at radius 3 is 2.27 bits per heavy atom. The number of hydrogen-bond donors (Lipinski definition) is 1. The third-order valence-corrected chi connectivity index (χ3v) is 5.88. The highest BCUT2D eigenvalue weighted by Gasteiger charge is 2.49. The molecule has 2 aromatic rings. The molecule has 2 saturated heterocycles. The molecule has 2 atom stereocenters. The number of piperidine rings is 1. The zero-order chi connectivity index (χ0) is 18.1. The van der Waals surface area contributed by atoms with Gasteiger partial charge in [0.05, 0.1) is 11.7 Å². The van der Waals surface area contributed by atoms with Gasteiger partial charge >= 0.3 is 0 Å². The van der Waals surface area contributed by atoms with Crippen LogP contribution in [0.25, 0.3) is 0 Å². The van der Waals surface area contributed by atoms with E-state index in [-0.39, 0.29) is 6.10 Å². The third-order valence-electron chi connectivity index (χ3n) is 5.88. The Morgan fingerprint density at radius 2 is 1.62 bits per heavy atom. The Labute approximate surface area is 156 Å². The normalized spacial score (nSPS) is 28.5. The molecular weight excluding hydrogens is 322 g/mol. The van der Waals surface area contributed by atoms with Crippen molar-refractivity contribution >= 4 is 0 Å². The summed E-state index contributed by atoms with van der Waals surface area (Å²) in [6.07, 6.45) is 4.03. The quantitative estimate of drug-likeness (QED) is 0.861. The van der Waals surface area contributed by atoms with Gasteiger partial charge in [0.1, 0.15) is 5.75 Å². The van der Waals surface area contributed by atoms with Crippen LogP contribution < -0.4 is 4.74 Å². The number of benzene rings is 2. The molecule has 0 aromatic heterocycles. The summed E-state index contributed by atoms with van der Waals surface area (Å²) in [6, 6.07) is 19.6. The molecule has 2 heterocycles. The SMILES string of the molecule is CC(C)Oc1ccccc1C1(O)CC2CCC(C1)N2Cc1ccccc1. The minimum atomic E-state index is -0.787. The van der Waals surface area contributed by atoms with Crippen LogP contribution >= 0.6 is 0 Å². The van der Waals surface area contributed by atoms with Crippen molar-refractivity contribution in [1.82, 2.24) is 4.90 Å². The lowest BCUT2D eigenvalue weighted by Gasteiger charge is -2.44. The second-order valence-corrected chi connectivity index (χ2v) is 8.15. The smallest absolute Gasteiger partial charge is 0.125 e. The van der Waals surface area contributed by atoms with Crippen molar-refractivity contribution in [2.24, 2.45) is 0 Å². The first-order valence-corrected chi connectivity index (χ1v) is 9.83.